The molecule has 0 spiro atoms. The number of nitrogens with zero attached hydrogens (tertiary/aromatic N) is 1. The highest BCUT2D eigenvalue weighted by Gasteiger charge is 2.26. The molecule has 1 aliphatic rings. The Morgan fingerprint density at radius 2 is 1.85 bits per heavy atom. The maximum Gasteiger partial charge on any atom is 0.186 e. The summed E-state index contributed by atoms with van der Waals surface area (Å²) in [5.74, 6) is 1.62. The van der Waals surface area contributed by atoms with Crippen molar-refractivity contribution in [1.29, 1.82) is 0 Å². The molecule has 0 radical (unpaired) electrons. The van der Waals surface area contributed by atoms with E-state index in [2.05, 4.69) is 18.8 Å². The zero-order valence-electron chi connectivity index (χ0n) is 8.36. The fourth-order valence-electron chi connectivity index (χ4n) is 1.93. The number of aliphatic imine (C=N–C) groups is 1. The Hall–Kier alpha value is 0. The minimum atomic E-state index is 0. The van der Waals surface area contributed by atoms with Crippen molar-refractivity contribution in [2.24, 2.45) is 28.3 Å². The molecule has 0 amide bonds. The summed E-state index contributed by atoms with van der Waals surface area (Å²) >= 11 is 0. The largest absolute Gasteiger partial charge is 0.370 e. The van der Waals surface area contributed by atoms with Crippen molar-refractivity contribution in [1.82, 2.24) is 0 Å². The first-order valence-electron chi connectivity index (χ1n) is 4.70. The highest BCUT2D eigenvalue weighted by Crippen LogP contribution is 2.31. The van der Waals surface area contributed by atoms with Crippen LogP contribution >= 0.6 is 24.0 Å². The van der Waals surface area contributed by atoms with Crippen molar-refractivity contribution in [3.63, 3.8) is 0 Å². The van der Waals surface area contributed by atoms with Gasteiger partial charge in [0.2, 0.25) is 0 Å². The number of hydrogen-bond acceptors (Lipinski definition) is 1. The smallest absolute Gasteiger partial charge is 0.186 e. The van der Waals surface area contributed by atoms with Gasteiger partial charge >= 0.3 is 0 Å². The Kier molecular flexibility index (Phi) is 5.67. The third-order valence-corrected chi connectivity index (χ3v) is 2.98. The quantitative estimate of drug-likeness (QED) is 0.439. The fourth-order valence-corrected chi connectivity index (χ4v) is 1.93. The van der Waals surface area contributed by atoms with Gasteiger partial charge in [-0.05, 0) is 18.3 Å². The van der Waals surface area contributed by atoms with Gasteiger partial charge < -0.3 is 11.5 Å². The van der Waals surface area contributed by atoms with Crippen LogP contribution in [0.1, 0.15) is 33.1 Å². The molecule has 0 bridgehead atoms. The van der Waals surface area contributed by atoms with Crippen LogP contribution in [0.3, 0.4) is 0 Å². The van der Waals surface area contributed by atoms with Crippen LogP contribution in [-0.4, -0.2) is 12.0 Å². The van der Waals surface area contributed by atoms with E-state index in [-0.39, 0.29) is 29.9 Å². The molecule has 3 unspecified atom stereocenters. The summed E-state index contributed by atoms with van der Waals surface area (Å²) in [6.07, 6.45) is 3.72. The zero-order valence-corrected chi connectivity index (χ0v) is 10.7. The molecule has 0 aromatic rings. The van der Waals surface area contributed by atoms with Gasteiger partial charge in [-0.3, -0.25) is 4.99 Å². The van der Waals surface area contributed by atoms with Crippen molar-refractivity contribution in [3.05, 3.63) is 0 Å². The summed E-state index contributed by atoms with van der Waals surface area (Å²) in [7, 11) is 0. The number of hydrogen-bond donors (Lipinski definition) is 2. The summed E-state index contributed by atoms with van der Waals surface area (Å²) < 4.78 is 0. The molecular formula is C9H20IN3. The molecule has 1 saturated carbocycles. The summed E-state index contributed by atoms with van der Waals surface area (Å²) in [6, 6.07) is 0.360. The highest BCUT2D eigenvalue weighted by atomic mass is 127. The summed E-state index contributed by atoms with van der Waals surface area (Å²) in [4.78, 5) is 4.24. The van der Waals surface area contributed by atoms with Crippen molar-refractivity contribution < 1.29 is 0 Å². The first kappa shape index (κ1) is 13.0. The number of halogens is 1. The fraction of sp³-hybridized carbons (Fsp3) is 0.889. The van der Waals surface area contributed by atoms with Gasteiger partial charge in [0.1, 0.15) is 0 Å². The summed E-state index contributed by atoms with van der Waals surface area (Å²) in [5.41, 5.74) is 10.7. The van der Waals surface area contributed by atoms with Crippen molar-refractivity contribution in [3.8, 4) is 0 Å². The van der Waals surface area contributed by atoms with Crippen LogP contribution in [0.25, 0.3) is 0 Å². The van der Waals surface area contributed by atoms with Crippen molar-refractivity contribution >= 4 is 29.9 Å². The second kappa shape index (κ2) is 5.67. The average Bonchev–Trinajstić information content (AvgIpc) is 1.98. The summed E-state index contributed by atoms with van der Waals surface area (Å²) in [6.45, 7) is 4.51. The van der Waals surface area contributed by atoms with Crippen LogP contribution in [0.15, 0.2) is 4.99 Å². The second-order valence-electron chi connectivity index (χ2n) is 3.89. The summed E-state index contributed by atoms with van der Waals surface area (Å²) in [5, 5.41) is 0. The van der Waals surface area contributed by atoms with E-state index >= 15 is 0 Å². The van der Waals surface area contributed by atoms with Crippen LogP contribution < -0.4 is 11.5 Å². The van der Waals surface area contributed by atoms with Gasteiger partial charge in [-0.2, -0.15) is 0 Å². The molecule has 0 aromatic carbocycles. The van der Waals surface area contributed by atoms with E-state index < -0.39 is 0 Å². The lowest BCUT2D eigenvalue weighted by Crippen LogP contribution is -2.32. The third kappa shape index (κ3) is 3.70. The van der Waals surface area contributed by atoms with Crippen LogP contribution in [0, 0.1) is 11.8 Å². The predicted molar refractivity (Wildman–Crippen MR) is 67.2 cm³/mol. The number of nitrogens with two attached hydrogens (primary N) is 2. The van der Waals surface area contributed by atoms with E-state index in [1.54, 1.807) is 0 Å². The molecule has 1 rings (SSSR count). The molecule has 0 heterocycles. The van der Waals surface area contributed by atoms with E-state index in [1.807, 2.05) is 0 Å². The molecule has 4 heteroatoms. The maximum absolute atomic E-state index is 5.36. The Morgan fingerprint density at radius 3 is 2.38 bits per heavy atom. The Balaban J connectivity index is 0.00000144. The lowest BCUT2D eigenvalue weighted by molar-refractivity contribution is 0.241. The Morgan fingerprint density at radius 1 is 1.23 bits per heavy atom. The minimum Gasteiger partial charge on any atom is -0.370 e. The van der Waals surface area contributed by atoms with Gasteiger partial charge in [0.15, 0.2) is 5.96 Å². The molecule has 3 atom stereocenters. The van der Waals surface area contributed by atoms with Gasteiger partial charge in [-0.25, -0.2) is 0 Å². The molecule has 1 aliphatic carbocycles. The van der Waals surface area contributed by atoms with Crippen LogP contribution in [0.5, 0.6) is 0 Å². The molecule has 78 valence electrons. The van der Waals surface area contributed by atoms with Gasteiger partial charge in [0.05, 0.1) is 6.04 Å². The molecule has 0 saturated heterocycles. The van der Waals surface area contributed by atoms with Crippen LogP contribution in [-0.2, 0) is 0 Å². The normalized spacial score (nSPS) is 33.2. The second-order valence-corrected chi connectivity index (χ2v) is 3.89. The van der Waals surface area contributed by atoms with Crippen molar-refractivity contribution in [2.45, 2.75) is 39.2 Å². The topological polar surface area (TPSA) is 64.4 Å². The number of guanidine groups is 1. The molecule has 0 aliphatic heterocycles. The molecule has 0 aromatic heterocycles. The molecule has 3 nitrogen and oxygen atoms in total. The van der Waals surface area contributed by atoms with E-state index in [9.17, 15) is 0 Å². The number of rotatable bonds is 1. The molecular weight excluding hydrogens is 277 g/mol. The van der Waals surface area contributed by atoms with Crippen LogP contribution in [0.2, 0.25) is 0 Å². The predicted octanol–water partition coefficient (Wildman–Crippen LogP) is 1.70. The zero-order chi connectivity index (χ0) is 9.14. The molecule has 13 heavy (non-hydrogen) atoms. The van der Waals surface area contributed by atoms with E-state index in [1.165, 1.54) is 12.8 Å². The van der Waals surface area contributed by atoms with E-state index in [4.69, 9.17) is 11.5 Å². The van der Waals surface area contributed by atoms with Gasteiger partial charge in [-0.1, -0.05) is 26.7 Å². The van der Waals surface area contributed by atoms with Crippen molar-refractivity contribution in [2.75, 3.05) is 0 Å². The standard InChI is InChI=1S/C9H19N3.HI/c1-6-4-3-5-8(7(6)2)12-9(10)11;/h6-8H,3-5H2,1-2H3,(H4,10,11,12);1H. The minimum absolute atomic E-state index is 0. The lowest BCUT2D eigenvalue weighted by atomic mass is 9.78. The van der Waals surface area contributed by atoms with Gasteiger partial charge in [0, 0.05) is 0 Å². The Labute approximate surface area is 97.4 Å². The monoisotopic (exact) mass is 297 g/mol. The first-order valence-corrected chi connectivity index (χ1v) is 4.70. The highest BCUT2D eigenvalue weighted by molar-refractivity contribution is 14.0. The van der Waals surface area contributed by atoms with Gasteiger partial charge in [-0.15, -0.1) is 24.0 Å². The third-order valence-electron chi connectivity index (χ3n) is 2.98. The van der Waals surface area contributed by atoms with Crippen LogP contribution in [0.4, 0.5) is 0 Å². The van der Waals surface area contributed by atoms with Gasteiger partial charge in [0.25, 0.3) is 0 Å². The Bertz CT molecular complexity index is 178. The van der Waals surface area contributed by atoms with E-state index in [0.29, 0.717) is 12.0 Å². The lowest BCUT2D eigenvalue weighted by Gasteiger charge is -2.31. The first-order chi connectivity index (χ1) is 5.61. The SMILES string of the molecule is CC1CCCC(N=C(N)N)C1C.I. The molecule has 1 fully saturated rings. The average molecular weight is 297 g/mol. The van der Waals surface area contributed by atoms with E-state index in [0.717, 1.165) is 12.3 Å². The molecule has 4 N–H and O–H groups in total. The maximum atomic E-state index is 5.36.